The number of rotatable bonds is 73. The minimum atomic E-state index is -4.95. The van der Waals surface area contributed by atoms with Crippen molar-refractivity contribution < 1.29 is 80.2 Å². The predicted molar refractivity (Wildman–Crippen MR) is 377 cm³/mol. The normalized spacial score (nSPS) is 14.1. The fraction of sp³-hybridized carbons (Fsp3) is 0.946. The van der Waals surface area contributed by atoms with E-state index in [4.69, 9.17) is 37.0 Å². The zero-order chi connectivity index (χ0) is 68.6. The van der Waals surface area contributed by atoms with E-state index in [0.717, 1.165) is 115 Å². The van der Waals surface area contributed by atoms with Crippen molar-refractivity contribution in [2.45, 2.75) is 400 Å². The number of hydrogen-bond donors (Lipinski definition) is 3. The second kappa shape index (κ2) is 66.0. The van der Waals surface area contributed by atoms with Crippen molar-refractivity contribution in [1.82, 2.24) is 0 Å². The zero-order valence-electron chi connectivity index (χ0n) is 60.6. The van der Waals surface area contributed by atoms with Crippen LogP contribution < -0.4 is 0 Å². The molecule has 0 saturated carbocycles. The Morgan fingerprint density at radius 3 is 0.731 bits per heavy atom. The second-order valence-corrected chi connectivity index (χ2v) is 30.5. The molecular weight excluding hydrogens is 1220 g/mol. The fourth-order valence-corrected chi connectivity index (χ4v) is 12.9. The van der Waals surface area contributed by atoms with E-state index in [2.05, 4.69) is 41.5 Å². The SMILES string of the molecule is CCCCCCCCCCCCC(=O)O[C@H](COC(=O)CCCCCCCCC)COP(=O)(O)OC[C@H](O)COP(=O)(O)OC[C@@H](COC(=O)CCCCCCCCCCCCCCCCC(C)C)OC(=O)CCCCCCCCCCCCCCCCCCC(C)C. The molecule has 0 aromatic rings. The third kappa shape index (κ3) is 68.4. The van der Waals surface area contributed by atoms with Crippen LogP contribution in [0.25, 0.3) is 0 Å². The summed E-state index contributed by atoms with van der Waals surface area (Å²) in [6.07, 6.45) is 52.9. The number of esters is 4. The Morgan fingerprint density at radius 2 is 0.495 bits per heavy atom. The van der Waals surface area contributed by atoms with Gasteiger partial charge in [-0.3, -0.25) is 37.3 Å². The van der Waals surface area contributed by atoms with Crippen molar-refractivity contribution in [1.29, 1.82) is 0 Å². The van der Waals surface area contributed by atoms with E-state index in [1.54, 1.807) is 0 Å². The van der Waals surface area contributed by atoms with Crippen molar-refractivity contribution in [2.24, 2.45) is 11.8 Å². The molecule has 0 aromatic heterocycles. The monoisotopic (exact) mass is 1370 g/mol. The van der Waals surface area contributed by atoms with Crippen molar-refractivity contribution in [3.05, 3.63) is 0 Å². The quantitative estimate of drug-likeness (QED) is 0.0222. The molecule has 2 unspecified atom stereocenters. The molecule has 0 fully saturated rings. The molecule has 0 heterocycles. The fourth-order valence-electron chi connectivity index (χ4n) is 11.3. The smallest absolute Gasteiger partial charge is 0.462 e. The summed E-state index contributed by atoms with van der Waals surface area (Å²) in [6.45, 7) is 9.58. The molecule has 0 aliphatic carbocycles. The van der Waals surface area contributed by atoms with Gasteiger partial charge in [-0.15, -0.1) is 0 Å². The van der Waals surface area contributed by atoms with Crippen molar-refractivity contribution in [2.75, 3.05) is 39.6 Å². The van der Waals surface area contributed by atoms with Crippen LogP contribution >= 0.6 is 15.6 Å². The highest BCUT2D eigenvalue weighted by Gasteiger charge is 2.30. The number of hydrogen-bond acceptors (Lipinski definition) is 15. The molecular formula is C74H144O17P2. The summed E-state index contributed by atoms with van der Waals surface area (Å²) in [5, 5.41) is 10.6. The maximum absolute atomic E-state index is 13.1. The van der Waals surface area contributed by atoms with Crippen molar-refractivity contribution in [3.63, 3.8) is 0 Å². The van der Waals surface area contributed by atoms with Crippen LogP contribution in [0.15, 0.2) is 0 Å². The number of phosphoric acid groups is 2. The van der Waals surface area contributed by atoms with Gasteiger partial charge in [-0.2, -0.15) is 0 Å². The second-order valence-electron chi connectivity index (χ2n) is 27.6. The Labute approximate surface area is 568 Å². The number of carbonyl (C=O) groups excluding carboxylic acids is 4. The van der Waals surface area contributed by atoms with Gasteiger partial charge < -0.3 is 33.8 Å². The molecule has 0 spiro atoms. The molecule has 5 atom stereocenters. The van der Waals surface area contributed by atoms with E-state index in [0.29, 0.717) is 25.7 Å². The lowest BCUT2D eigenvalue weighted by Crippen LogP contribution is -2.30. The summed E-state index contributed by atoms with van der Waals surface area (Å²) in [5.74, 6) is -0.515. The summed E-state index contributed by atoms with van der Waals surface area (Å²) >= 11 is 0. The molecule has 0 radical (unpaired) electrons. The summed E-state index contributed by atoms with van der Waals surface area (Å²) in [5.41, 5.74) is 0. The van der Waals surface area contributed by atoms with Crippen molar-refractivity contribution in [3.8, 4) is 0 Å². The van der Waals surface area contributed by atoms with Crippen LogP contribution in [-0.2, 0) is 65.4 Å². The Kier molecular flexibility index (Phi) is 64.6. The van der Waals surface area contributed by atoms with Gasteiger partial charge in [-0.1, -0.05) is 330 Å². The number of unbranched alkanes of at least 4 members (excludes halogenated alkanes) is 43. The van der Waals surface area contributed by atoms with E-state index in [1.165, 1.54) is 186 Å². The average molecular weight is 1370 g/mol. The molecule has 17 nitrogen and oxygen atoms in total. The lowest BCUT2D eigenvalue weighted by Gasteiger charge is -2.21. The first-order valence-electron chi connectivity index (χ1n) is 38.5. The Morgan fingerprint density at radius 1 is 0.290 bits per heavy atom. The molecule has 0 saturated heterocycles. The number of carbonyl (C=O) groups is 4. The number of ether oxygens (including phenoxy) is 4. The van der Waals surface area contributed by atoms with Crippen LogP contribution in [-0.4, -0.2) is 96.7 Å². The first kappa shape index (κ1) is 91.1. The molecule has 93 heavy (non-hydrogen) atoms. The first-order valence-corrected chi connectivity index (χ1v) is 41.5. The topological polar surface area (TPSA) is 237 Å². The number of aliphatic hydroxyl groups excluding tert-OH is 1. The van der Waals surface area contributed by atoms with Crippen LogP contribution in [0.4, 0.5) is 0 Å². The van der Waals surface area contributed by atoms with Gasteiger partial charge in [0.1, 0.15) is 19.3 Å². The Bertz CT molecular complexity index is 1800. The average Bonchev–Trinajstić information content (AvgIpc) is 1.58. The highest BCUT2D eigenvalue weighted by Crippen LogP contribution is 2.45. The predicted octanol–water partition coefficient (Wildman–Crippen LogP) is 21.6. The van der Waals surface area contributed by atoms with E-state index in [1.807, 2.05) is 0 Å². The molecule has 552 valence electrons. The van der Waals surface area contributed by atoms with E-state index in [-0.39, 0.29) is 25.7 Å². The molecule has 0 bridgehead atoms. The summed E-state index contributed by atoms with van der Waals surface area (Å²) in [4.78, 5) is 72.5. The van der Waals surface area contributed by atoms with Crippen LogP contribution in [0.5, 0.6) is 0 Å². The Balaban J connectivity index is 5.17. The largest absolute Gasteiger partial charge is 0.472 e. The van der Waals surface area contributed by atoms with E-state index >= 15 is 0 Å². The summed E-state index contributed by atoms with van der Waals surface area (Å²) < 4.78 is 68.3. The van der Waals surface area contributed by atoms with Crippen molar-refractivity contribution >= 4 is 39.5 Å². The highest BCUT2D eigenvalue weighted by atomic mass is 31.2. The number of phosphoric ester groups is 2. The third-order valence-corrected chi connectivity index (χ3v) is 19.1. The van der Waals surface area contributed by atoms with Gasteiger partial charge in [0, 0.05) is 25.7 Å². The molecule has 0 aliphatic rings. The standard InChI is InChI=1S/C74H144O17P2/c1-7-9-11-13-15-16-33-40-46-52-58-73(78)90-69(62-84-71(76)56-50-44-36-14-12-10-8-2)64-88-92(80,81)86-60-68(75)61-87-93(82,83)89-65-70(63-85-72(77)57-51-45-39-34-29-25-22-21-24-28-32-38-43-49-55-67(5)6)91-74(79)59-53-47-41-35-30-26-20-18-17-19-23-27-31-37-42-48-54-66(3)4/h66-70,75H,7-65H2,1-6H3,(H,80,81)(H,82,83)/t68-,69+,70+/m0/s1. The third-order valence-electron chi connectivity index (χ3n) is 17.2. The van der Waals surface area contributed by atoms with E-state index < -0.39 is 97.5 Å². The van der Waals surface area contributed by atoms with Gasteiger partial charge in [-0.05, 0) is 37.5 Å². The maximum Gasteiger partial charge on any atom is 0.472 e. The van der Waals surface area contributed by atoms with Crippen LogP contribution in [0, 0.1) is 11.8 Å². The lowest BCUT2D eigenvalue weighted by molar-refractivity contribution is -0.161. The molecule has 0 amide bonds. The molecule has 0 rings (SSSR count). The van der Waals surface area contributed by atoms with Gasteiger partial charge in [0.2, 0.25) is 0 Å². The zero-order valence-corrected chi connectivity index (χ0v) is 62.3. The minimum Gasteiger partial charge on any atom is -0.462 e. The van der Waals surface area contributed by atoms with Gasteiger partial charge in [0.25, 0.3) is 0 Å². The molecule has 19 heteroatoms. The molecule has 0 aromatic carbocycles. The van der Waals surface area contributed by atoms with Gasteiger partial charge >= 0.3 is 39.5 Å². The lowest BCUT2D eigenvalue weighted by atomic mass is 10.0. The number of aliphatic hydroxyl groups is 1. The Hall–Kier alpha value is -1.94. The van der Waals surface area contributed by atoms with Gasteiger partial charge in [0.05, 0.1) is 26.4 Å². The van der Waals surface area contributed by atoms with Gasteiger partial charge in [-0.25, -0.2) is 9.13 Å². The van der Waals surface area contributed by atoms with Crippen LogP contribution in [0.2, 0.25) is 0 Å². The van der Waals surface area contributed by atoms with Gasteiger partial charge in [0.15, 0.2) is 12.2 Å². The van der Waals surface area contributed by atoms with E-state index in [9.17, 15) is 43.2 Å². The summed E-state index contributed by atoms with van der Waals surface area (Å²) in [6, 6.07) is 0. The maximum atomic E-state index is 13.1. The van der Waals surface area contributed by atoms with Crippen LogP contribution in [0.3, 0.4) is 0 Å². The molecule has 0 aliphatic heterocycles. The summed E-state index contributed by atoms with van der Waals surface area (Å²) in [7, 11) is -9.90. The minimum absolute atomic E-state index is 0.106. The highest BCUT2D eigenvalue weighted by molar-refractivity contribution is 7.47. The van der Waals surface area contributed by atoms with Crippen LogP contribution in [0.1, 0.15) is 382 Å². The first-order chi connectivity index (χ1) is 44.9. The molecule has 3 N–H and O–H groups in total.